The van der Waals surface area contributed by atoms with Gasteiger partial charge in [0.1, 0.15) is 0 Å². The number of aliphatic hydroxyl groups excluding tert-OH is 2. The summed E-state index contributed by atoms with van der Waals surface area (Å²) < 4.78 is 0. The van der Waals surface area contributed by atoms with Crippen molar-refractivity contribution in [2.45, 2.75) is 193 Å². The summed E-state index contributed by atoms with van der Waals surface area (Å²) in [5.41, 5.74) is 0. The van der Waals surface area contributed by atoms with Crippen LogP contribution in [0.2, 0.25) is 0 Å². The van der Waals surface area contributed by atoms with Crippen LogP contribution in [0.1, 0.15) is 187 Å². The molecule has 3 heteroatoms. The summed E-state index contributed by atoms with van der Waals surface area (Å²) in [6.45, 7) is 6.75. The van der Waals surface area contributed by atoms with Crippen molar-refractivity contribution in [3.8, 4) is 0 Å². The third-order valence-corrected chi connectivity index (χ3v) is 8.30. The predicted molar refractivity (Wildman–Crippen MR) is 166 cm³/mol. The van der Waals surface area contributed by atoms with E-state index >= 15 is 0 Å². The van der Waals surface area contributed by atoms with E-state index in [0.717, 1.165) is 13.0 Å². The first-order chi connectivity index (χ1) is 18.3. The highest BCUT2D eigenvalue weighted by Crippen LogP contribution is 2.16. The Bertz CT molecular complexity index is 403. The fraction of sp³-hybridized carbons (Fsp3) is 1.00. The molecule has 0 saturated heterocycles. The molecule has 0 spiro atoms. The predicted octanol–water partition coefficient (Wildman–Crippen LogP) is 10.2. The molecule has 0 aromatic carbocycles. The highest BCUT2D eigenvalue weighted by molar-refractivity contribution is 4.71. The van der Waals surface area contributed by atoms with Crippen molar-refractivity contribution >= 4 is 0 Å². The standard InChI is InChI=1S/C34H71NO2/c1-3-5-7-9-11-13-15-16-17-18-19-20-21-23-25-27-29-34(33-37)35(31-32-36)30-28-26-24-22-14-12-10-8-6-4-2/h34,36-37H,3-33H2,1-2H3. The number of nitrogens with zero attached hydrogens (tertiary/aromatic N) is 1. The van der Waals surface area contributed by atoms with Crippen LogP contribution in [0.4, 0.5) is 0 Å². The second-order valence-corrected chi connectivity index (χ2v) is 11.9. The molecule has 1 atom stereocenters. The van der Waals surface area contributed by atoms with Crippen LogP contribution in [0.3, 0.4) is 0 Å². The van der Waals surface area contributed by atoms with Gasteiger partial charge in [0.25, 0.3) is 0 Å². The molecule has 0 aliphatic rings. The van der Waals surface area contributed by atoms with E-state index in [9.17, 15) is 10.2 Å². The Balaban J connectivity index is 3.63. The maximum atomic E-state index is 9.99. The highest BCUT2D eigenvalue weighted by atomic mass is 16.3. The topological polar surface area (TPSA) is 43.7 Å². The lowest BCUT2D eigenvalue weighted by atomic mass is 10.0. The van der Waals surface area contributed by atoms with Crippen molar-refractivity contribution in [1.29, 1.82) is 0 Å². The Morgan fingerprint density at radius 2 is 0.730 bits per heavy atom. The number of rotatable bonds is 32. The summed E-state index contributed by atoms with van der Waals surface area (Å²) in [5.74, 6) is 0. The molecule has 0 aliphatic carbocycles. The molecular formula is C34H71NO2. The van der Waals surface area contributed by atoms with Gasteiger partial charge in [-0.05, 0) is 19.4 Å². The first-order valence-electron chi connectivity index (χ1n) is 17.3. The maximum Gasteiger partial charge on any atom is 0.0586 e. The van der Waals surface area contributed by atoms with E-state index in [1.54, 1.807) is 0 Å². The van der Waals surface area contributed by atoms with Gasteiger partial charge in [-0.3, -0.25) is 4.90 Å². The summed E-state index contributed by atoms with van der Waals surface area (Å²) in [6.07, 6.45) is 37.0. The molecule has 3 nitrogen and oxygen atoms in total. The maximum absolute atomic E-state index is 9.99. The molecule has 1 unspecified atom stereocenters. The Kier molecular flexibility index (Phi) is 32.0. The summed E-state index contributed by atoms with van der Waals surface area (Å²) in [5, 5.41) is 19.5. The molecule has 0 fully saturated rings. The van der Waals surface area contributed by atoms with Gasteiger partial charge in [0.15, 0.2) is 0 Å². The number of hydrogen-bond acceptors (Lipinski definition) is 3. The quantitative estimate of drug-likeness (QED) is 0.0858. The average Bonchev–Trinajstić information content (AvgIpc) is 2.91. The van der Waals surface area contributed by atoms with Crippen molar-refractivity contribution in [1.82, 2.24) is 4.90 Å². The number of unbranched alkanes of at least 4 members (excludes halogenated alkanes) is 24. The Morgan fingerprint density at radius 1 is 0.405 bits per heavy atom. The van der Waals surface area contributed by atoms with Crippen LogP contribution in [-0.4, -0.2) is 47.5 Å². The monoisotopic (exact) mass is 526 g/mol. The zero-order valence-electron chi connectivity index (χ0n) is 25.8. The third kappa shape index (κ3) is 27.2. The summed E-state index contributed by atoms with van der Waals surface area (Å²) >= 11 is 0. The number of aliphatic hydroxyl groups is 2. The Hall–Kier alpha value is -0.120. The lowest BCUT2D eigenvalue weighted by Gasteiger charge is -2.30. The summed E-state index contributed by atoms with van der Waals surface area (Å²) in [7, 11) is 0. The fourth-order valence-corrected chi connectivity index (χ4v) is 5.73. The Morgan fingerprint density at radius 3 is 1.05 bits per heavy atom. The molecule has 0 aromatic heterocycles. The van der Waals surface area contributed by atoms with Crippen molar-refractivity contribution in [3.05, 3.63) is 0 Å². The van der Waals surface area contributed by atoms with Crippen LogP contribution in [0.15, 0.2) is 0 Å². The zero-order valence-corrected chi connectivity index (χ0v) is 25.8. The molecule has 0 bridgehead atoms. The van der Waals surface area contributed by atoms with Crippen LogP contribution in [0, 0.1) is 0 Å². The SMILES string of the molecule is CCCCCCCCCCCCCCCCCCC(CO)N(CCO)CCCCCCCCCCCC. The molecule has 0 amide bonds. The van der Waals surface area contributed by atoms with E-state index in [1.165, 1.54) is 167 Å². The van der Waals surface area contributed by atoms with E-state index in [0.29, 0.717) is 6.54 Å². The molecule has 0 rings (SSSR count). The van der Waals surface area contributed by atoms with Gasteiger partial charge in [0.05, 0.1) is 13.2 Å². The van der Waals surface area contributed by atoms with E-state index in [-0.39, 0.29) is 19.3 Å². The average molecular weight is 526 g/mol. The van der Waals surface area contributed by atoms with Gasteiger partial charge in [0, 0.05) is 12.6 Å². The third-order valence-electron chi connectivity index (χ3n) is 8.30. The van der Waals surface area contributed by atoms with Gasteiger partial charge in [-0.2, -0.15) is 0 Å². The van der Waals surface area contributed by atoms with Crippen molar-refractivity contribution in [3.63, 3.8) is 0 Å². The molecule has 2 N–H and O–H groups in total. The molecule has 0 aliphatic heterocycles. The summed E-state index contributed by atoms with van der Waals surface area (Å²) in [4.78, 5) is 2.36. The van der Waals surface area contributed by atoms with Gasteiger partial charge < -0.3 is 10.2 Å². The number of hydrogen-bond donors (Lipinski definition) is 2. The van der Waals surface area contributed by atoms with Crippen LogP contribution in [-0.2, 0) is 0 Å². The molecular weight excluding hydrogens is 454 g/mol. The van der Waals surface area contributed by atoms with E-state index in [1.807, 2.05) is 0 Å². The minimum Gasteiger partial charge on any atom is -0.395 e. The van der Waals surface area contributed by atoms with Crippen molar-refractivity contribution in [2.75, 3.05) is 26.3 Å². The Labute approximate surface area is 234 Å². The van der Waals surface area contributed by atoms with Crippen molar-refractivity contribution < 1.29 is 10.2 Å². The molecule has 37 heavy (non-hydrogen) atoms. The van der Waals surface area contributed by atoms with Gasteiger partial charge in [-0.25, -0.2) is 0 Å². The fourth-order valence-electron chi connectivity index (χ4n) is 5.73. The minimum absolute atomic E-state index is 0.202. The first kappa shape index (κ1) is 36.9. The van der Waals surface area contributed by atoms with Crippen LogP contribution in [0.5, 0.6) is 0 Å². The van der Waals surface area contributed by atoms with Crippen LogP contribution < -0.4 is 0 Å². The van der Waals surface area contributed by atoms with Crippen LogP contribution >= 0.6 is 0 Å². The van der Waals surface area contributed by atoms with Gasteiger partial charge >= 0.3 is 0 Å². The van der Waals surface area contributed by atoms with Crippen LogP contribution in [0.25, 0.3) is 0 Å². The van der Waals surface area contributed by atoms with E-state index in [2.05, 4.69) is 18.7 Å². The summed E-state index contributed by atoms with van der Waals surface area (Å²) in [6, 6.07) is 0.234. The largest absolute Gasteiger partial charge is 0.395 e. The second kappa shape index (κ2) is 32.1. The van der Waals surface area contributed by atoms with Gasteiger partial charge in [-0.1, -0.05) is 174 Å². The van der Waals surface area contributed by atoms with E-state index in [4.69, 9.17) is 0 Å². The lowest BCUT2D eigenvalue weighted by Crippen LogP contribution is -2.40. The minimum atomic E-state index is 0.202. The molecule has 0 aromatic rings. The normalized spacial score (nSPS) is 12.6. The van der Waals surface area contributed by atoms with Gasteiger partial charge in [0.2, 0.25) is 0 Å². The van der Waals surface area contributed by atoms with Crippen molar-refractivity contribution in [2.24, 2.45) is 0 Å². The van der Waals surface area contributed by atoms with Gasteiger partial charge in [-0.15, -0.1) is 0 Å². The zero-order chi connectivity index (χ0) is 27.1. The second-order valence-electron chi connectivity index (χ2n) is 11.9. The molecule has 0 heterocycles. The molecule has 0 radical (unpaired) electrons. The first-order valence-corrected chi connectivity index (χ1v) is 17.3. The smallest absolute Gasteiger partial charge is 0.0586 e. The lowest BCUT2D eigenvalue weighted by molar-refractivity contribution is 0.0926. The van der Waals surface area contributed by atoms with E-state index < -0.39 is 0 Å². The molecule has 0 saturated carbocycles. The highest BCUT2D eigenvalue weighted by Gasteiger charge is 2.16. The molecule has 224 valence electrons.